The van der Waals surface area contributed by atoms with E-state index in [0.717, 1.165) is 4.88 Å². The summed E-state index contributed by atoms with van der Waals surface area (Å²) in [6.07, 6.45) is 0. The number of nitrogens with one attached hydrogen (secondary N) is 1. The largest absolute Gasteiger partial charge is 0.379 e. The van der Waals surface area contributed by atoms with Crippen LogP contribution in [0.2, 0.25) is 5.02 Å². The van der Waals surface area contributed by atoms with Crippen LogP contribution >= 0.6 is 22.9 Å². The van der Waals surface area contributed by atoms with Gasteiger partial charge in [-0.3, -0.25) is 4.79 Å². The van der Waals surface area contributed by atoms with Gasteiger partial charge in [-0.05, 0) is 47.3 Å². The van der Waals surface area contributed by atoms with Crippen molar-refractivity contribution < 1.29 is 22.3 Å². The van der Waals surface area contributed by atoms with E-state index in [1.165, 1.54) is 46.0 Å². The van der Waals surface area contributed by atoms with E-state index in [2.05, 4.69) is 5.32 Å². The molecule has 0 aliphatic carbocycles. The summed E-state index contributed by atoms with van der Waals surface area (Å²) in [6, 6.07) is 13.3. The Labute approximate surface area is 194 Å². The molecule has 32 heavy (non-hydrogen) atoms. The number of hydrogen-bond acceptors (Lipinski definition) is 5. The van der Waals surface area contributed by atoms with Gasteiger partial charge in [-0.15, -0.1) is 11.3 Å². The van der Waals surface area contributed by atoms with Gasteiger partial charge in [0.15, 0.2) is 0 Å². The zero-order valence-corrected chi connectivity index (χ0v) is 19.2. The number of nitrogens with zero attached hydrogens (tertiary/aromatic N) is 1. The van der Waals surface area contributed by atoms with E-state index in [1.807, 2.05) is 17.5 Å². The Morgan fingerprint density at radius 1 is 1.12 bits per heavy atom. The third-order valence-corrected chi connectivity index (χ3v) is 8.41. The van der Waals surface area contributed by atoms with E-state index in [9.17, 15) is 17.6 Å². The van der Waals surface area contributed by atoms with Crippen LogP contribution in [0.3, 0.4) is 0 Å². The van der Waals surface area contributed by atoms with Crippen molar-refractivity contribution in [2.24, 2.45) is 0 Å². The summed E-state index contributed by atoms with van der Waals surface area (Å²) in [4.78, 5) is 13.8. The van der Waals surface area contributed by atoms with E-state index >= 15 is 0 Å². The predicted molar refractivity (Wildman–Crippen MR) is 121 cm³/mol. The second-order valence-corrected chi connectivity index (χ2v) is 10.4. The standard InChI is InChI=1S/C22H20ClFN2O4S2/c23-18-8-5-16(14-20(18)32(28,29)26-9-11-30-12-10-26)22(27)25-21(19-2-1-13-31-19)15-3-6-17(24)7-4-15/h1-8,13-14,21H,9-12H2,(H,25,27)/t21-/m1/s1. The average Bonchev–Trinajstić information content (AvgIpc) is 3.33. The average molecular weight is 495 g/mol. The van der Waals surface area contributed by atoms with Crippen LogP contribution < -0.4 is 5.32 Å². The minimum Gasteiger partial charge on any atom is -0.379 e. The number of halogens is 2. The number of amides is 1. The molecule has 0 spiro atoms. The first kappa shape index (κ1) is 22.9. The summed E-state index contributed by atoms with van der Waals surface area (Å²) >= 11 is 7.65. The molecular formula is C22H20ClFN2O4S2. The van der Waals surface area contributed by atoms with Gasteiger partial charge >= 0.3 is 0 Å². The van der Waals surface area contributed by atoms with Crippen LogP contribution in [0.15, 0.2) is 64.9 Å². The highest BCUT2D eigenvalue weighted by atomic mass is 35.5. The van der Waals surface area contributed by atoms with Crippen LogP contribution in [-0.4, -0.2) is 44.9 Å². The monoisotopic (exact) mass is 494 g/mol. The van der Waals surface area contributed by atoms with E-state index in [4.69, 9.17) is 16.3 Å². The first-order valence-electron chi connectivity index (χ1n) is 9.83. The molecule has 0 saturated carbocycles. The normalized spacial score (nSPS) is 15.9. The Bertz CT molecular complexity index is 1200. The molecule has 1 amide bonds. The summed E-state index contributed by atoms with van der Waals surface area (Å²) in [6.45, 7) is 1.05. The smallest absolute Gasteiger partial charge is 0.252 e. The number of sulfonamides is 1. The van der Waals surface area contributed by atoms with Crippen molar-refractivity contribution in [3.05, 3.63) is 86.8 Å². The molecule has 1 aliphatic rings. The fourth-order valence-corrected chi connectivity index (χ4v) is 6.12. The molecule has 1 aliphatic heterocycles. The quantitative estimate of drug-likeness (QED) is 0.560. The van der Waals surface area contributed by atoms with E-state index in [0.29, 0.717) is 18.8 Å². The van der Waals surface area contributed by atoms with E-state index in [-0.39, 0.29) is 34.4 Å². The number of carbonyl (C=O) groups excluding carboxylic acids is 1. The van der Waals surface area contributed by atoms with Crippen molar-refractivity contribution >= 4 is 38.9 Å². The number of morpholine rings is 1. The second kappa shape index (κ2) is 9.68. The molecule has 1 saturated heterocycles. The highest BCUT2D eigenvalue weighted by Gasteiger charge is 2.29. The second-order valence-electron chi connectivity index (χ2n) is 7.14. The molecule has 1 N–H and O–H groups in total. The summed E-state index contributed by atoms with van der Waals surface area (Å²) in [5.74, 6) is -0.844. The van der Waals surface area contributed by atoms with Gasteiger partial charge in [-0.25, -0.2) is 12.8 Å². The Morgan fingerprint density at radius 3 is 2.50 bits per heavy atom. The highest BCUT2D eigenvalue weighted by Crippen LogP contribution is 2.29. The number of rotatable bonds is 6. The van der Waals surface area contributed by atoms with Gasteiger partial charge in [0.1, 0.15) is 10.7 Å². The van der Waals surface area contributed by atoms with Gasteiger partial charge in [0, 0.05) is 23.5 Å². The molecule has 2 heterocycles. The van der Waals surface area contributed by atoms with Gasteiger partial charge in [0.05, 0.1) is 24.3 Å². The molecular weight excluding hydrogens is 475 g/mol. The van der Waals surface area contributed by atoms with Crippen LogP contribution in [-0.2, 0) is 14.8 Å². The van der Waals surface area contributed by atoms with Crippen molar-refractivity contribution in [1.29, 1.82) is 0 Å². The van der Waals surface area contributed by atoms with Crippen LogP contribution in [0.4, 0.5) is 4.39 Å². The highest BCUT2D eigenvalue weighted by molar-refractivity contribution is 7.89. The van der Waals surface area contributed by atoms with Crippen molar-refractivity contribution in [3.8, 4) is 0 Å². The topological polar surface area (TPSA) is 75.7 Å². The number of carbonyl (C=O) groups is 1. The summed E-state index contributed by atoms with van der Waals surface area (Å²) < 4.78 is 46.1. The van der Waals surface area contributed by atoms with Gasteiger partial charge in [-0.1, -0.05) is 29.8 Å². The van der Waals surface area contributed by atoms with Crippen molar-refractivity contribution in [2.75, 3.05) is 26.3 Å². The number of benzene rings is 2. The Balaban J connectivity index is 1.63. The van der Waals surface area contributed by atoms with E-state index < -0.39 is 22.0 Å². The molecule has 0 bridgehead atoms. The molecule has 0 radical (unpaired) electrons. The van der Waals surface area contributed by atoms with Crippen LogP contribution in [0.25, 0.3) is 0 Å². The maximum atomic E-state index is 13.4. The molecule has 1 atom stereocenters. The molecule has 1 aromatic heterocycles. The molecule has 2 aromatic carbocycles. The molecule has 3 aromatic rings. The third kappa shape index (κ3) is 4.87. The van der Waals surface area contributed by atoms with Gasteiger partial charge < -0.3 is 10.1 Å². The van der Waals surface area contributed by atoms with Gasteiger partial charge in [0.25, 0.3) is 5.91 Å². The zero-order valence-electron chi connectivity index (χ0n) is 16.8. The van der Waals surface area contributed by atoms with Gasteiger partial charge in [-0.2, -0.15) is 4.31 Å². The number of thiophene rings is 1. The summed E-state index contributed by atoms with van der Waals surface area (Å²) in [7, 11) is -3.88. The SMILES string of the molecule is O=C(N[C@H](c1ccc(F)cc1)c1cccs1)c1ccc(Cl)c(S(=O)(=O)N2CCOCC2)c1. The first-order chi connectivity index (χ1) is 15.4. The Morgan fingerprint density at radius 2 is 1.84 bits per heavy atom. The summed E-state index contributed by atoms with van der Waals surface area (Å²) in [5, 5.41) is 4.85. The molecule has 0 unspecified atom stereocenters. The maximum absolute atomic E-state index is 13.4. The molecule has 6 nitrogen and oxygen atoms in total. The number of hydrogen-bond donors (Lipinski definition) is 1. The number of ether oxygens (including phenoxy) is 1. The summed E-state index contributed by atoms with van der Waals surface area (Å²) in [5.41, 5.74) is 0.863. The third-order valence-electron chi connectivity index (χ3n) is 5.09. The Hall–Kier alpha value is -2.30. The fraction of sp³-hybridized carbons (Fsp3) is 0.227. The lowest BCUT2D eigenvalue weighted by atomic mass is 10.0. The van der Waals surface area contributed by atoms with Gasteiger partial charge in [0.2, 0.25) is 10.0 Å². The Kier molecular flexibility index (Phi) is 6.92. The van der Waals surface area contributed by atoms with E-state index in [1.54, 1.807) is 12.1 Å². The molecule has 10 heteroatoms. The molecule has 1 fully saturated rings. The lowest BCUT2D eigenvalue weighted by Crippen LogP contribution is -2.40. The molecule has 4 rings (SSSR count). The minimum atomic E-state index is -3.88. The predicted octanol–water partition coefficient (Wildman–Crippen LogP) is 4.08. The van der Waals surface area contributed by atoms with Crippen molar-refractivity contribution in [2.45, 2.75) is 10.9 Å². The van der Waals surface area contributed by atoms with Crippen molar-refractivity contribution in [1.82, 2.24) is 9.62 Å². The maximum Gasteiger partial charge on any atom is 0.252 e. The fourth-order valence-electron chi connectivity index (χ4n) is 3.41. The van der Waals surface area contributed by atoms with Crippen LogP contribution in [0, 0.1) is 5.82 Å². The lowest BCUT2D eigenvalue weighted by molar-refractivity contribution is 0.0730. The lowest BCUT2D eigenvalue weighted by Gasteiger charge is -2.26. The van der Waals surface area contributed by atoms with Crippen LogP contribution in [0.1, 0.15) is 26.8 Å². The van der Waals surface area contributed by atoms with Crippen LogP contribution in [0.5, 0.6) is 0 Å². The minimum absolute atomic E-state index is 0.0429. The zero-order chi connectivity index (χ0) is 22.7. The first-order valence-corrected chi connectivity index (χ1v) is 12.5. The van der Waals surface area contributed by atoms with Crippen molar-refractivity contribution in [3.63, 3.8) is 0 Å². The molecule has 168 valence electrons.